The minimum Gasteiger partial charge on any atom is -0.504 e. The number of nitrogens with one attached hydrogen (secondary N) is 2. The summed E-state index contributed by atoms with van der Waals surface area (Å²) in [6.07, 6.45) is 1.74. The van der Waals surface area contributed by atoms with Gasteiger partial charge in [-0.3, -0.25) is 5.32 Å². The van der Waals surface area contributed by atoms with Gasteiger partial charge in [-0.15, -0.1) is 0 Å². The standard InChI is InChI=1S/C15H12N8O2/c16-4-7-11(18)10-12(6-1-2-8(24)9(25)3-6)21-15(20-5-17)23-14(10)22-13(7)19/h1-3,12,24-25H,(H6,18,19,20,21,22,23). The molecule has 0 spiro atoms. The van der Waals surface area contributed by atoms with Gasteiger partial charge in [-0.05, 0) is 17.7 Å². The maximum atomic E-state index is 9.76. The van der Waals surface area contributed by atoms with E-state index in [2.05, 4.69) is 20.6 Å². The topological polar surface area (TPSA) is 189 Å². The molecule has 0 fully saturated rings. The van der Waals surface area contributed by atoms with E-state index < -0.39 is 6.04 Å². The van der Waals surface area contributed by atoms with Crippen molar-refractivity contribution in [3.05, 3.63) is 34.9 Å². The lowest BCUT2D eigenvalue weighted by atomic mass is 9.95. The molecule has 10 heteroatoms. The third-order valence-electron chi connectivity index (χ3n) is 3.67. The maximum absolute atomic E-state index is 9.76. The Morgan fingerprint density at radius 2 is 1.96 bits per heavy atom. The number of phenols is 2. The molecular formula is C15H12N8O2. The van der Waals surface area contributed by atoms with Crippen LogP contribution in [0.1, 0.15) is 22.7 Å². The highest BCUT2D eigenvalue weighted by Crippen LogP contribution is 2.41. The fraction of sp³-hybridized carbons (Fsp3) is 0.0667. The number of pyridine rings is 1. The van der Waals surface area contributed by atoms with E-state index in [0.29, 0.717) is 11.1 Å². The molecule has 124 valence electrons. The summed E-state index contributed by atoms with van der Waals surface area (Å²) in [7, 11) is 0. The maximum Gasteiger partial charge on any atom is 0.211 e. The number of rotatable bonds is 1. The lowest BCUT2D eigenvalue weighted by Gasteiger charge is -2.26. The summed E-state index contributed by atoms with van der Waals surface area (Å²) in [5, 5.41) is 42.5. The van der Waals surface area contributed by atoms with Crippen LogP contribution < -0.4 is 22.1 Å². The van der Waals surface area contributed by atoms with Gasteiger partial charge in [-0.1, -0.05) is 6.07 Å². The summed E-state index contributed by atoms with van der Waals surface area (Å²) in [6, 6.07) is 5.26. The second kappa shape index (κ2) is 5.79. The number of anilines is 3. The molecule has 0 saturated heterocycles. The number of hydrogen-bond acceptors (Lipinski definition) is 10. The van der Waals surface area contributed by atoms with E-state index in [9.17, 15) is 15.5 Å². The van der Waals surface area contributed by atoms with E-state index in [0.717, 1.165) is 0 Å². The van der Waals surface area contributed by atoms with Crippen LogP contribution in [0.3, 0.4) is 0 Å². The van der Waals surface area contributed by atoms with E-state index in [1.54, 1.807) is 6.19 Å². The molecule has 0 radical (unpaired) electrons. The van der Waals surface area contributed by atoms with Crippen LogP contribution in [0.25, 0.3) is 0 Å². The van der Waals surface area contributed by atoms with Gasteiger partial charge in [-0.2, -0.15) is 10.5 Å². The lowest BCUT2D eigenvalue weighted by molar-refractivity contribution is 0.403. The smallest absolute Gasteiger partial charge is 0.211 e. The number of fused-ring (bicyclic) bond motifs is 1. The number of aromatic hydroxyl groups is 2. The molecule has 1 aromatic heterocycles. The van der Waals surface area contributed by atoms with Crippen LogP contribution in [0.4, 0.5) is 17.3 Å². The Hall–Kier alpha value is -4.18. The van der Waals surface area contributed by atoms with E-state index in [1.807, 2.05) is 6.07 Å². The van der Waals surface area contributed by atoms with E-state index in [4.69, 9.17) is 16.7 Å². The predicted molar refractivity (Wildman–Crippen MR) is 89.2 cm³/mol. The molecule has 2 aromatic rings. The largest absolute Gasteiger partial charge is 0.504 e. The SMILES string of the molecule is N#CNC1=NC(c2ccc(O)c(O)c2)c2c(nc(N)c(C#N)c2N)N1. The zero-order valence-electron chi connectivity index (χ0n) is 12.6. The van der Waals surface area contributed by atoms with Crippen molar-refractivity contribution in [1.29, 1.82) is 10.5 Å². The molecule has 3 rings (SSSR count). The van der Waals surface area contributed by atoms with Gasteiger partial charge in [0, 0.05) is 5.56 Å². The molecule has 1 atom stereocenters. The van der Waals surface area contributed by atoms with E-state index in [-0.39, 0.29) is 40.3 Å². The second-order valence-electron chi connectivity index (χ2n) is 5.15. The molecule has 1 aromatic carbocycles. The van der Waals surface area contributed by atoms with Crippen LogP contribution in [-0.2, 0) is 0 Å². The first-order valence-corrected chi connectivity index (χ1v) is 6.97. The molecule has 0 aliphatic carbocycles. The molecule has 25 heavy (non-hydrogen) atoms. The molecular weight excluding hydrogens is 324 g/mol. The third-order valence-corrected chi connectivity index (χ3v) is 3.67. The molecule has 10 nitrogen and oxygen atoms in total. The van der Waals surface area contributed by atoms with Crippen molar-refractivity contribution in [3.8, 4) is 23.8 Å². The molecule has 0 saturated carbocycles. The minimum atomic E-state index is -0.779. The number of nitrogens with zero attached hydrogens (tertiary/aromatic N) is 4. The molecule has 1 unspecified atom stereocenters. The Balaban J connectivity index is 2.25. The van der Waals surface area contributed by atoms with Gasteiger partial charge in [0.05, 0.1) is 5.69 Å². The number of aliphatic imine (C=N–C) groups is 1. The average Bonchev–Trinajstić information content (AvgIpc) is 2.57. The van der Waals surface area contributed by atoms with Crippen molar-refractivity contribution >= 4 is 23.3 Å². The van der Waals surface area contributed by atoms with Crippen LogP contribution in [0.5, 0.6) is 11.5 Å². The molecule has 8 N–H and O–H groups in total. The van der Waals surface area contributed by atoms with Gasteiger partial charge in [0.1, 0.15) is 29.3 Å². The van der Waals surface area contributed by atoms with E-state index >= 15 is 0 Å². The predicted octanol–water partition coefficient (Wildman–Crippen LogP) is 0.470. The molecule has 1 aliphatic heterocycles. The minimum absolute atomic E-state index is 0.0143. The van der Waals surface area contributed by atoms with Crippen molar-refractivity contribution in [3.63, 3.8) is 0 Å². The Morgan fingerprint density at radius 3 is 2.60 bits per heavy atom. The highest BCUT2D eigenvalue weighted by atomic mass is 16.3. The normalized spacial score (nSPS) is 15.1. The molecule has 0 bridgehead atoms. The highest BCUT2D eigenvalue weighted by Gasteiger charge is 2.30. The average molecular weight is 336 g/mol. The van der Waals surface area contributed by atoms with Crippen molar-refractivity contribution in [1.82, 2.24) is 10.3 Å². The van der Waals surface area contributed by atoms with Gasteiger partial charge in [0.25, 0.3) is 0 Å². The quantitative estimate of drug-likeness (QED) is 0.244. The Kier molecular flexibility index (Phi) is 3.64. The number of phenolic OH excluding ortho intramolecular Hbond substituents is 2. The van der Waals surface area contributed by atoms with Crippen molar-refractivity contribution < 1.29 is 10.2 Å². The Bertz CT molecular complexity index is 986. The zero-order valence-corrected chi connectivity index (χ0v) is 12.6. The first-order chi connectivity index (χ1) is 12.0. The van der Waals surface area contributed by atoms with Gasteiger partial charge in [0.15, 0.2) is 17.7 Å². The Morgan fingerprint density at radius 1 is 1.20 bits per heavy atom. The number of guanidine groups is 1. The van der Waals surface area contributed by atoms with Crippen LogP contribution >= 0.6 is 0 Å². The number of nitrogens with two attached hydrogens (primary N) is 2. The monoisotopic (exact) mass is 336 g/mol. The van der Waals surface area contributed by atoms with Crippen LogP contribution in [-0.4, -0.2) is 21.2 Å². The molecule has 2 heterocycles. The molecule has 1 aliphatic rings. The summed E-state index contributed by atoms with van der Waals surface area (Å²) < 4.78 is 0. The van der Waals surface area contributed by atoms with Gasteiger partial charge < -0.3 is 27.0 Å². The fourth-order valence-corrected chi connectivity index (χ4v) is 2.53. The third kappa shape index (κ3) is 2.54. The number of benzene rings is 1. The van der Waals surface area contributed by atoms with Gasteiger partial charge in [-0.25, -0.2) is 9.98 Å². The summed E-state index contributed by atoms with van der Waals surface area (Å²) in [4.78, 5) is 8.44. The first-order valence-electron chi connectivity index (χ1n) is 6.97. The van der Waals surface area contributed by atoms with Crippen LogP contribution in [0.2, 0.25) is 0 Å². The fourth-order valence-electron chi connectivity index (χ4n) is 2.53. The second-order valence-corrected chi connectivity index (χ2v) is 5.15. The Labute approximate surface area is 141 Å². The molecule has 0 amide bonds. The van der Waals surface area contributed by atoms with Crippen molar-refractivity contribution in [2.45, 2.75) is 6.04 Å². The summed E-state index contributed by atoms with van der Waals surface area (Å²) in [5.41, 5.74) is 12.8. The lowest BCUT2D eigenvalue weighted by Crippen LogP contribution is -2.32. The number of hydrogen-bond donors (Lipinski definition) is 6. The van der Waals surface area contributed by atoms with Crippen molar-refractivity contribution in [2.75, 3.05) is 16.8 Å². The summed E-state index contributed by atoms with van der Waals surface area (Å²) >= 11 is 0. The number of nitrogen functional groups attached to an aromatic ring is 2. The summed E-state index contributed by atoms with van der Waals surface area (Å²) in [5.74, 6) is -0.358. The summed E-state index contributed by atoms with van der Waals surface area (Å²) in [6.45, 7) is 0. The van der Waals surface area contributed by atoms with E-state index in [1.165, 1.54) is 18.2 Å². The first kappa shape index (κ1) is 15.7. The number of aromatic nitrogens is 1. The van der Waals surface area contributed by atoms with Gasteiger partial charge in [0.2, 0.25) is 5.96 Å². The van der Waals surface area contributed by atoms with Crippen molar-refractivity contribution in [2.24, 2.45) is 4.99 Å². The number of nitriles is 2. The zero-order chi connectivity index (χ0) is 18.1. The van der Waals surface area contributed by atoms with Crippen LogP contribution in [0.15, 0.2) is 23.2 Å². The van der Waals surface area contributed by atoms with Crippen LogP contribution in [0, 0.1) is 22.8 Å². The highest BCUT2D eigenvalue weighted by molar-refractivity contribution is 5.98. The van der Waals surface area contributed by atoms with Gasteiger partial charge >= 0.3 is 0 Å².